The van der Waals surface area contributed by atoms with Crippen LogP contribution >= 0.6 is 11.6 Å². The molecule has 0 aliphatic rings. The van der Waals surface area contributed by atoms with E-state index in [9.17, 15) is 14.3 Å². The molecule has 3 nitrogen and oxygen atoms in total. The maximum atomic E-state index is 13.2. The van der Waals surface area contributed by atoms with Crippen molar-refractivity contribution in [1.29, 1.82) is 0 Å². The molecule has 0 aromatic heterocycles. The molecule has 0 bridgehead atoms. The molecular weight excluding hydrogens is 295 g/mol. The van der Waals surface area contributed by atoms with Crippen LogP contribution in [-0.4, -0.2) is 18.2 Å². The number of carbonyl (C=O) groups is 1. The first-order valence-electron chi connectivity index (χ1n) is 6.05. The highest BCUT2D eigenvalue weighted by Gasteiger charge is 2.13. The lowest BCUT2D eigenvalue weighted by molar-refractivity contribution is -0.130. The van der Waals surface area contributed by atoms with Crippen molar-refractivity contribution < 1.29 is 19.0 Å². The van der Waals surface area contributed by atoms with Gasteiger partial charge in [0, 0.05) is 0 Å². The summed E-state index contributed by atoms with van der Waals surface area (Å²) in [5, 5.41) is 9.65. The molecule has 0 unspecified atom stereocenters. The van der Waals surface area contributed by atoms with Crippen LogP contribution in [0, 0.1) is 5.82 Å². The van der Waals surface area contributed by atoms with Crippen LogP contribution < -0.4 is 4.74 Å². The minimum atomic E-state index is -1.12. The molecule has 0 fully saturated rings. The fourth-order valence-electron chi connectivity index (χ4n) is 1.87. The molecule has 2 aromatic carbocycles. The Morgan fingerprint density at radius 1 is 1.29 bits per heavy atom. The largest absolute Gasteiger partial charge is 0.495 e. The maximum Gasteiger partial charge on any atom is 0.336 e. The topological polar surface area (TPSA) is 46.5 Å². The summed E-state index contributed by atoms with van der Waals surface area (Å²) in [6.07, 6.45) is 1.39. The summed E-state index contributed by atoms with van der Waals surface area (Å²) in [7, 11) is 1.47. The van der Waals surface area contributed by atoms with Crippen molar-refractivity contribution in [2.45, 2.75) is 0 Å². The Hall–Kier alpha value is -2.33. The van der Waals surface area contributed by atoms with Gasteiger partial charge in [0.1, 0.15) is 11.6 Å². The number of carboxylic acid groups (broad SMARTS) is 1. The summed E-state index contributed by atoms with van der Waals surface area (Å²) in [5.41, 5.74) is 0.891. The molecule has 21 heavy (non-hydrogen) atoms. The second-order valence-electron chi connectivity index (χ2n) is 4.27. The third-order valence-electron chi connectivity index (χ3n) is 2.85. The standard InChI is InChI=1S/C16H12ClFO3/c1-21-15-6-5-11(9-14(15)17)13(16(19)20)8-10-3-2-4-12(18)7-10/h2-9H,1H3,(H,19,20)/b13-8-. The number of carboxylic acids is 1. The van der Waals surface area contributed by atoms with Gasteiger partial charge in [0.15, 0.2) is 0 Å². The van der Waals surface area contributed by atoms with E-state index in [0.29, 0.717) is 21.9 Å². The average molecular weight is 307 g/mol. The lowest BCUT2D eigenvalue weighted by Gasteiger charge is -2.07. The molecule has 0 saturated carbocycles. The molecule has 2 rings (SSSR count). The van der Waals surface area contributed by atoms with E-state index in [4.69, 9.17) is 16.3 Å². The summed E-state index contributed by atoms with van der Waals surface area (Å²) in [4.78, 5) is 11.4. The number of ether oxygens (including phenoxy) is 1. The Kier molecular flexibility index (Phi) is 4.60. The summed E-state index contributed by atoms with van der Waals surface area (Å²) in [6, 6.07) is 10.4. The van der Waals surface area contributed by atoms with Crippen LogP contribution in [0.25, 0.3) is 11.6 Å². The highest BCUT2D eigenvalue weighted by molar-refractivity contribution is 6.32. The average Bonchev–Trinajstić information content (AvgIpc) is 2.44. The number of hydrogen-bond acceptors (Lipinski definition) is 2. The number of methoxy groups -OCH3 is 1. The lowest BCUT2D eigenvalue weighted by atomic mass is 10.0. The third-order valence-corrected chi connectivity index (χ3v) is 3.15. The molecule has 108 valence electrons. The van der Waals surface area contributed by atoms with Crippen molar-refractivity contribution in [3.8, 4) is 5.75 Å². The molecule has 0 saturated heterocycles. The smallest absolute Gasteiger partial charge is 0.336 e. The van der Waals surface area contributed by atoms with E-state index >= 15 is 0 Å². The van der Waals surface area contributed by atoms with Gasteiger partial charge in [0.05, 0.1) is 17.7 Å². The summed E-state index contributed by atoms with van der Waals surface area (Å²) >= 11 is 6.00. The fourth-order valence-corrected chi connectivity index (χ4v) is 2.12. The highest BCUT2D eigenvalue weighted by atomic mass is 35.5. The summed E-state index contributed by atoms with van der Waals surface area (Å²) < 4.78 is 18.2. The molecule has 0 aliphatic heterocycles. The van der Waals surface area contributed by atoms with Crippen molar-refractivity contribution in [1.82, 2.24) is 0 Å². The SMILES string of the molecule is COc1ccc(/C(=C/c2cccc(F)c2)C(=O)O)cc1Cl. The molecule has 0 heterocycles. The molecule has 0 amide bonds. The molecule has 2 aromatic rings. The Labute approximate surface area is 126 Å². The van der Waals surface area contributed by atoms with Crippen LogP contribution in [0.4, 0.5) is 4.39 Å². The van der Waals surface area contributed by atoms with Crippen molar-refractivity contribution in [2.75, 3.05) is 7.11 Å². The number of halogens is 2. The monoisotopic (exact) mass is 306 g/mol. The van der Waals surface area contributed by atoms with Gasteiger partial charge in [0.25, 0.3) is 0 Å². The Morgan fingerprint density at radius 2 is 2.05 bits per heavy atom. The van der Waals surface area contributed by atoms with Crippen LogP contribution in [-0.2, 0) is 4.79 Å². The Morgan fingerprint density at radius 3 is 2.62 bits per heavy atom. The van der Waals surface area contributed by atoms with Gasteiger partial charge < -0.3 is 9.84 Å². The van der Waals surface area contributed by atoms with Crippen LogP contribution in [0.15, 0.2) is 42.5 Å². The van der Waals surface area contributed by atoms with Crippen LogP contribution in [0.5, 0.6) is 5.75 Å². The second-order valence-corrected chi connectivity index (χ2v) is 4.67. The normalized spacial score (nSPS) is 11.3. The van der Waals surface area contributed by atoms with Gasteiger partial charge in [-0.15, -0.1) is 0 Å². The van der Waals surface area contributed by atoms with Gasteiger partial charge in [-0.3, -0.25) is 0 Å². The summed E-state index contributed by atoms with van der Waals surface area (Å²) in [6.45, 7) is 0. The van der Waals surface area contributed by atoms with E-state index in [1.54, 1.807) is 18.2 Å². The zero-order valence-electron chi connectivity index (χ0n) is 11.1. The molecular formula is C16H12ClFO3. The van der Waals surface area contributed by atoms with Crippen LogP contribution in [0.3, 0.4) is 0 Å². The van der Waals surface area contributed by atoms with Crippen molar-refractivity contribution in [3.05, 3.63) is 64.4 Å². The van der Waals surface area contributed by atoms with Gasteiger partial charge in [-0.25, -0.2) is 9.18 Å². The third kappa shape index (κ3) is 3.61. The van der Waals surface area contributed by atoms with Gasteiger partial charge in [-0.05, 0) is 41.5 Å². The molecule has 0 atom stereocenters. The number of rotatable bonds is 4. The first kappa shape index (κ1) is 15.1. The van der Waals surface area contributed by atoms with Gasteiger partial charge >= 0.3 is 5.97 Å². The lowest BCUT2D eigenvalue weighted by Crippen LogP contribution is -2.00. The van der Waals surface area contributed by atoms with E-state index in [0.717, 1.165) is 0 Å². The zero-order valence-corrected chi connectivity index (χ0v) is 11.9. The van der Waals surface area contributed by atoms with Crippen molar-refractivity contribution in [2.24, 2.45) is 0 Å². The summed E-state index contributed by atoms with van der Waals surface area (Å²) in [5.74, 6) is -1.10. The minimum absolute atomic E-state index is 0.0187. The Balaban J connectivity index is 2.49. The minimum Gasteiger partial charge on any atom is -0.495 e. The predicted molar refractivity (Wildman–Crippen MR) is 79.9 cm³/mol. The Bertz CT molecular complexity index is 710. The van der Waals surface area contributed by atoms with Gasteiger partial charge in [-0.2, -0.15) is 0 Å². The molecule has 1 N–H and O–H groups in total. The van der Waals surface area contributed by atoms with Crippen molar-refractivity contribution >= 4 is 29.2 Å². The number of benzene rings is 2. The number of hydrogen-bond donors (Lipinski definition) is 1. The highest BCUT2D eigenvalue weighted by Crippen LogP contribution is 2.29. The maximum absolute atomic E-state index is 13.2. The van der Waals surface area contributed by atoms with Gasteiger partial charge in [-0.1, -0.05) is 29.8 Å². The quantitative estimate of drug-likeness (QED) is 0.683. The van der Waals surface area contributed by atoms with E-state index in [1.165, 1.54) is 37.5 Å². The van der Waals surface area contributed by atoms with Crippen molar-refractivity contribution in [3.63, 3.8) is 0 Å². The molecule has 0 spiro atoms. The molecule has 5 heteroatoms. The molecule has 0 radical (unpaired) electrons. The molecule has 0 aliphatic carbocycles. The number of aliphatic carboxylic acids is 1. The van der Waals surface area contributed by atoms with Crippen LogP contribution in [0.1, 0.15) is 11.1 Å². The fraction of sp³-hybridized carbons (Fsp3) is 0.0625. The van der Waals surface area contributed by atoms with E-state index in [1.807, 2.05) is 0 Å². The first-order chi connectivity index (χ1) is 10.0. The first-order valence-corrected chi connectivity index (χ1v) is 6.43. The predicted octanol–water partition coefficient (Wildman–Crippen LogP) is 4.11. The van der Waals surface area contributed by atoms with E-state index < -0.39 is 11.8 Å². The van der Waals surface area contributed by atoms with E-state index in [2.05, 4.69) is 0 Å². The van der Waals surface area contributed by atoms with Gasteiger partial charge in [0.2, 0.25) is 0 Å². The van der Waals surface area contributed by atoms with Crippen LogP contribution in [0.2, 0.25) is 5.02 Å². The zero-order chi connectivity index (χ0) is 15.4. The second kappa shape index (κ2) is 6.41. The van der Waals surface area contributed by atoms with E-state index in [-0.39, 0.29) is 5.57 Å².